The molecule has 0 radical (unpaired) electrons. The number of rotatable bonds is 88. The molecule has 0 amide bonds. The maximum absolute atomic E-state index is 6.54. The second-order valence-corrected chi connectivity index (χ2v) is 39.4. The van der Waals surface area contributed by atoms with Gasteiger partial charge in [-0.15, -0.1) is 0 Å². The number of unbranched alkanes of at least 4 members (excludes halogenated alkanes) is 72. The first kappa shape index (κ1) is 107. The molecule has 0 atom stereocenters. The Morgan fingerprint density at radius 1 is 0.200 bits per heavy atom. The molecule has 5 heterocycles. The molecule has 0 fully saturated rings. The van der Waals surface area contributed by atoms with Gasteiger partial charge >= 0.3 is 0 Å². The van der Waals surface area contributed by atoms with Crippen molar-refractivity contribution in [1.29, 1.82) is 0 Å². The van der Waals surface area contributed by atoms with E-state index in [0.717, 1.165) is 38.6 Å². The molecule has 120 heavy (non-hydrogen) atoms. The van der Waals surface area contributed by atoms with Crippen molar-refractivity contribution < 1.29 is 0 Å². The van der Waals surface area contributed by atoms with Crippen LogP contribution in [0.4, 0.5) is 0 Å². The number of aromatic amines is 1. The molecule has 0 saturated carbocycles. The molecular weight excluding hydrogens is 1450 g/mol. The summed E-state index contributed by atoms with van der Waals surface area (Å²) in [5.74, 6) is 0. The van der Waals surface area contributed by atoms with E-state index in [1.807, 2.05) is 0 Å². The van der Waals surface area contributed by atoms with E-state index in [1.165, 1.54) is 571 Å². The molecule has 5 rings (SSSR count). The summed E-state index contributed by atoms with van der Waals surface area (Å²) in [5.41, 5.74) is 22.6. The zero-order valence-corrected chi connectivity index (χ0v) is 82.5. The molecule has 0 unspecified atom stereocenters. The van der Waals surface area contributed by atoms with E-state index in [9.17, 15) is 0 Å². The smallest absolute Gasteiger partial charge is 0.0722 e. The van der Waals surface area contributed by atoms with E-state index >= 15 is 0 Å². The molecule has 3 aromatic rings. The fraction of sp³-hybridized carbons (Fsp3) is 0.828. The van der Waals surface area contributed by atoms with Crippen LogP contribution >= 0.6 is 0 Å². The van der Waals surface area contributed by atoms with Gasteiger partial charge in [0.25, 0.3) is 0 Å². The van der Waals surface area contributed by atoms with Gasteiger partial charge in [-0.3, -0.25) is 0 Å². The average molecular weight is 1660 g/mol. The van der Waals surface area contributed by atoms with Gasteiger partial charge in [-0.25, -0.2) is 9.97 Å². The van der Waals surface area contributed by atoms with E-state index < -0.39 is 0 Å². The van der Waals surface area contributed by atoms with Crippen LogP contribution in [-0.4, -0.2) is 19.5 Å². The number of H-pyrrole nitrogens is 1. The summed E-state index contributed by atoms with van der Waals surface area (Å²) in [7, 11) is 0. The van der Waals surface area contributed by atoms with Crippen molar-refractivity contribution in [2.24, 2.45) is 0 Å². The predicted molar refractivity (Wildman–Crippen MR) is 543 cm³/mol. The number of fused-ring (bicyclic) bond motifs is 8. The highest BCUT2D eigenvalue weighted by Crippen LogP contribution is 2.42. The Bertz CT molecular complexity index is 3090. The molecule has 3 aromatic heterocycles. The third kappa shape index (κ3) is 48.5. The molecule has 690 valence electrons. The van der Waals surface area contributed by atoms with Crippen molar-refractivity contribution in [3.8, 4) is 0 Å². The Morgan fingerprint density at radius 3 is 0.692 bits per heavy atom. The van der Waals surface area contributed by atoms with E-state index in [4.69, 9.17) is 9.97 Å². The Kier molecular flexibility index (Phi) is 68.6. The fourth-order valence-corrected chi connectivity index (χ4v) is 20.5. The lowest BCUT2D eigenvalue weighted by molar-refractivity contribution is 0.539. The first-order valence-corrected chi connectivity index (χ1v) is 55.7. The molecule has 4 nitrogen and oxygen atoms in total. The first-order valence-electron chi connectivity index (χ1n) is 55.7. The minimum atomic E-state index is 1.07. The van der Waals surface area contributed by atoms with Crippen LogP contribution < -0.4 is 0 Å². The number of hydrogen-bond donors (Lipinski definition) is 1. The number of aromatic nitrogens is 4. The van der Waals surface area contributed by atoms with Crippen molar-refractivity contribution in [1.82, 2.24) is 19.5 Å². The second-order valence-electron chi connectivity index (χ2n) is 39.4. The van der Waals surface area contributed by atoms with Crippen molar-refractivity contribution in [3.63, 3.8) is 0 Å². The molecule has 4 heteroatoms. The van der Waals surface area contributed by atoms with Crippen LogP contribution in [0.15, 0.2) is 12.1 Å². The lowest BCUT2D eigenvalue weighted by atomic mass is 9.92. The Labute approximate surface area is 749 Å². The van der Waals surface area contributed by atoms with Crippen LogP contribution in [0.5, 0.6) is 0 Å². The first-order chi connectivity index (χ1) is 59.5. The highest BCUT2D eigenvalue weighted by Gasteiger charge is 2.28. The Morgan fingerprint density at radius 2 is 0.408 bits per heavy atom. The average Bonchev–Trinajstić information content (AvgIpc) is 1.58. The molecule has 0 saturated heterocycles. The topological polar surface area (TPSA) is 46.5 Å². The van der Waals surface area contributed by atoms with Crippen LogP contribution in [0.25, 0.3) is 45.9 Å². The zero-order chi connectivity index (χ0) is 85.1. The van der Waals surface area contributed by atoms with Crippen LogP contribution in [0, 0.1) is 0 Å². The largest absolute Gasteiger partial charge is 0.355 e. The molecule has 2 aliphatic rings. The SMILES string of the molecule is CCCCCCCCCCCCC1=Cc2nc1c(CCCCCCCCCCCC)c1c(CCCCCCCCCCCC)c(CCCCCCCCCCCC)c(c(CCCCCCCCCCCC)c3nc(c(CCCCCCCCCCCC)c4ccc([nH]4)c2CCCCCCCCCCCC)C=C3)n1CCCCCCCCCCCC. The van der Waals surface area contributed by atoms with E-state index in [-0.39, 0.29) is 0 Å². The van der Waals surface area contributed by atoms with Crippen molar-refractivity contribution in [3.05, 3.63) is 68.3 Å². The minimum absolute atomic E-state index is 1.07. The van der Waals surface area contributed by atoms with Crippen molar-refractivity contribution in [2.45, 2.75) is 621 Å². The number of nitrogens with one attached hydrogen (secondary N) is 1. The highest BCUT2D eigenvalue weighted by molar-refractivity contribution is 5.91. The van der Waals surface area contributed by atoms with Gasteiger partial charge in [0.15, 0.2) is 0 Å². The van der Waals surface area contributed by atoms with Crippen LogP contribution in [-0.2, 0) is 45.1 Å². The van der Waals surface area contributed by atoms with Crippen LogP contribution in [0.3, 0.4) is 0 Å². The lowest BCUT2D eigenvalue weighted by Crippen LogP contribution is -2.06. The maximum Gasteiger partial charge on any atom is 0.0722 e. The molecule has 0 aliphatic carbocycles. The summed E-state index contributed by atoms with van der Waals surface area (Å²) < 4.78 is 3.18. The number of allylic oxidation sites excluding steroid dienone is 1. The van der Waals surface area contributed by atoms with E-state index in [2.05, 4.69) is 95.3 Å². The van der Waals surface area contributed by atoms with E-state index in [1.54, 1.807) is 38.9 Å². The lowest BCUT2D eigenvalue weighted by Gasteiger charge is -2.16. The monoisotopic (exact) mass is 1660 g/mol. The normalized spacial score (nSPS) is 12.3. The zero-order valence-electron chi connectivity index (χ0n) is 82.5. The molecule has 1 N–H and O–H groups in total. The molecule has 2 aliphatic heterocycles. The third-order valence-electron chi connectivity index (χ3n) is 28.3. The molecule has 8 bridgehead atoms. The summed E-state index contributed by atoms with van der Waals surface area (Å²) in [4.78, 5) is 17.2. The minimum Gasteiger partial charge on any atom is -0.355 e. The van der Waals surface area contributed by atoms with Crippen LogP contribution in [0.2, 0.25) is 0 Å². The number of hydrogen-bond acceptors (Lipinski definition) is 2. The van der Waals surface area contributed by atoms with Gasteiger partial charge in [0.05, 0.1) is 33.8 Å². The van der Waals surface area contributed by atoms with Gasteiger partial charge in [-0.05, 0) is 143 Å². The molecular formula is C116H206N4. The summed E-state index contributed by atoms with van der Waals surface area (Å²) >= 11 is 0. The van der Waals surface area contributed by atoms with Gasteiger partial charge in [0, 0.05) is 39.8 Å². The Balaban J connectivity index is 1.95. The summed E-state index contributed by atoms with van der Waals surface area (Å²) in [6, 6.07) is 5.05. The second kappa shape index (κ2) is 76.8. The van der Waals surface area contributed by atoms with Crippen molar-refractivity contribution in [2.75, 3.05) is 0 Å². The number of nitrogens with zero attached hydrogens (tertiary/aromatic N) is 3. The quantitative estimate of drug-likeness (QED) is 0.0448. The summed E-state index contributed by atoms with van der Waals surface area (Å²) in [6.45, 7) is 20.1. The third-order valence-corrected chi connectivity index (χ3v) is 28.3. The summed E-state index contributed by atoms with van der Waals surface area (Å²) in [6.07, 6.45) is 125. The van der Waals surface area contributed by atoms with Gasteiger partial charge in [0.2, 0.25) is 0 Å². The van der Waals surface area contributed by atoms with Gasteiger partial charge in [0.1, 0.15) is 0 Å². The summed E-state index contributed by atoms with van der Waals surface area (Å²) in [5, 5.41) is 0. The highest BCUT2D eigenvalue weighted by atomic mass is 15.0. The molecule has 0 aromatic carbocycles. The van der Waals surface area contributed by atoms with Gasteiger partial charge in [-0.2, -0.15) is 0 Å². The Hall–Kier alpha value is -3.40. The fourth-order valence-electron chi connectivity index (χ4n) is 20.5. The van der Waals surface area contributed by atoms with E-state index in [0.29, 0.717) is 0 Å². The molecule has 0 spiro atoms. The predicted octanol–water partition coefficient (Wildman–Crippen LogP) is 40.5. The van der Waals surface area contributed by atoms with Gasteiger partial charge < -0.3 is 9.55 Å². The van der Waals surface area contributed by atoms with Crippen LogP contribution in [0.1, 0.15) is 632 Å². The number of aryl methyl sites for hydroxylation is 7. The van der Waals surface area contributed by atoms with Gasteiger partial charge in [-0.1, -0.05) is 518 Å². The standard InChI is InChI=1S/C116H206N4/c1-9-17-25-33-41-49-57-65-73-81-89-102-101-113-106(93-85-77-69-61-53-45-37-29-21-13-5)111-97-96-109(117-111)105(92-84-76-68-60-52-44-36-28-20-12-4)110-98-99-112(118-110)107(94-86-78-70-62-54-46-38-30-22-14-6)115-103(90-82-74-66-58-50-42-34-26-18-10-2)104(91-83-75-67-59-51-43-35-27-19-11-3)116(120(115)100-88-80-72-64-56-48-40-32-24-16-8)108(114(102)119-113)95-87-79-71-63-55-47-39-31-23-15-7/h96-99,101,117H,9-95,100H2,1-8H3. The van der Waals surface area contributed by atoms with Crippen molar-refractivity contribution >= 4 is 45.9 Å². The maximum atomic E-state index is 6.54.